The van der Waals surface area contributed by atoms with Gasteiger partial charge in [0.15, 0.2) is 5.82 Å². The molecule has 33 heavy (non-hydrogen) atoms. The van der Waals surface area contributed by atoms with Crippen molar-refractivity contribution in [3.05, 3.63) is 35.0 Å². The molecular formula is C23H33ClN6O2S. The van der Waals surface area contributed by atoms with Gasteiger partial charge in [0.05, 0.1) is 6.20 Å². The van der Waals surface area contributed by atoms with Crippen LogP contribution in [0.5, 0.6) is 0 Å². The van der Waals surface area contributed by atoms with E-state index in [1.54, 1.807) is 6.20 Å². The van der Waals surface area contributed by atoms with Gasteiger partial charge >= 0.3 is 0 Å². The van der Waals surface area contributed by atoms with Gasteiger partial charge in [0, 0.05) is 30.5 Å². The molecule has 1 aliphatic carbocycles. The maximum absolute atomic E-state index is 11.1. The SMILES string of the molecule is CC1(C)CCCNc2ccc(Nc3ncc(Cl)c(N[C@@H]4CCCC[C@@H]4CNS(=O)O)n3)cc21. The Labute approximate surface area is 203 Å². The minimum atomic E-state index is -2.01. The molecule has 2 aliphatic rings. The Morgan fingerprint density at radius 3 is 2.91 bits per heavy atom. The summed E-state index contributed by atoms with van der Waals surface area (Å²) < 4.78 is 22.8. The van der Waals surface area contributed by atoms with Crippen molar-refractivity contribution < 1.29 is 8.76 Å². The maximum atomic E-state index is 11.1. The van der Waals surface area contributed by atoms with Crippen LogP contribution in [0, 0.1) is 5.92 Å². The fraction of sp³-hybridized carbons (Fsp3) is 0.565. The first-order chi connectivity index (χ1) is 15.8. The number of hydrogen-bond acceptors (Lipinski definition) is 6. The van der Waals surface area contributed by atoms with E-state index in [-0.39, 0.29) is 17.4 Å². The highest BCUT2D eigenvalue weighted by Gasteiger charge is 2.27. The van der Waals surface area contributed by atoms with Crippen LogP contribution in [0.15, 0.2) is 24.4 Å². The lowest BCUT2D eigenvalue weighted by Gasteiger charge is -2.32. The number of benzene rings is 1. The van der Waals surface area contributed by atoms with Crippen LogP contribution >= 0.6 is 11.6 Å². The molecule has 0 spiro atoms. The van der Waals surface area contributed by atoms with Gasteiger partial charge in [-0.15, -0.1) is 0 Å². The van der Waals surface area contributed by atoms with E-state index in [9.17, 15) is 4.21 Å². The highest BCUT2D eigenvalue weighted by Crippen LogP contribution is 2.38. The summed E-state index contributed by atoms with van der Waals surface area (Å²) in [4.78, 5) is 9.02. The molecule has 0 amide bonds. The summed E-state index contributed by atoms with van der Waals surface area (Å²) in [5.74, 6) is 1.27. The predicted octanol–water partition coefficient (Wildman–Crippen LogP) is 5.05. The van der Waals surface area contributed by atoms with Gasteiger partial charge in [-0.05, 0) is 60.8 Å². The molecule has 1 aromatic heterocycles. The van der Waals surface area contributed by atoms with E-state index in [2.05, 4.69) is 56.6 Å². The molecule has 180 valence electrons. The van der Waals surface area contributed by atoms with Crippen molar-refractivity contribution in [3.63, 3.8) is 0 Å². The number of rotatable bonds is 7. The Kier molecular flexibility index (Phi) is 7.73. The third-order valence-electron chi connectivity index (χ3n) is 6.74. The van der Waals surface area contributed by atoms with Crippen LogP contribution < -0.4 is 20.7 Å². The summed E-state index contributed by atoms with van der Waals surface area (Å²) in [6, 6.07) is 6.45. The van der Waals surface area contributed by atoms with E-state index >= 15 is 0 Å². The zero-order valence-corrected chi connectivity index (χ0v) is 20.7. The number of nitrogens with zero attached hydrogens (tertiary/aromatic N) is 2. The normalized spacial score (nSPS) is 23.0. The summed E-state index contributed by atoms with van der Waals surface area (Å²) in [6.45, 7) is 6.02. The first kappa shape index (κ1) is 24.2. The topological polar surface area (TPSA) is 111 Å². The zero-order chi connectivity index (χ0) is 23.4. The highest BCUT2D eigenvalue weighted by molar-refractivity contribution is 7.77. The van der Waals surface area contributed by atoms with Crippen molar-refractivity contribution >= 4 is 46.0 Å². The van der Waals surface area contributed by atoms with Crippen LogP contribution in [-0.2, 0) is 16.7 Å². The predicted molar refractivity (Wildman–Crippen MR) is 136 cm³/mol. The number of halogens is 1. The number of fused-ring (bicyclic) bond motifs is 1. The van der Waals surface area contributed by atoms with Crippen LogP contribution in [0.2, 0.25) is 5.02 Å². The zero-order valence-electron chi connectivity index (χ0n) is 19.2. The number of hydrogen-bond donors (Lipinski definition) is 5. The van der Waals surface area contributed by atoms with E-state index in [1.807, 2.05) is 6.07 Å². The average molecular weight is 493 g/mol. The van der Waals surface area contributed by atoms with Gasteiger partial charge in [-0.2, -0.15) is 4.98 Å². The first-order valence-electron chi connectivity index (χ1n) is 11.6. The molecule has 5 N–H and O–H groups in total. The third-order valence-corrected chi connectivity index (χ3v) is 7.43. The highest BCUT2D eigenvalue weighted by atomic mass is 35.5. The molecule has 3 atom stereocenters. The van der Waals surface area contributed by atoms with Gasteiger partial charge in [-0.25, -0.2) is 13.9 Å². The minimum absolute atomic E-state index is 0.0896. The molecule has 8 nitrogen and oxygen atoms in total. The largest absolute Gasteiger partial charge is 0.385 e. The molecule has 1 aliphatic heterocycles. The molecule has 1 unspecified atom stereocenters. The van der Waals surface area contributed by atoms with Gasteiger partial charge in [-0.3, -0.25) is 4.55 Å². The molecule has 1 saturated carbocycles. The number of nitrogens with one attached hydrogen (secondary N) is 4. The van der Waals surface area contributed by atoms with Crippen LogP contribution in [-0.4, -0.2) is 37.9 Å². The molecular weight excluding hydrogens is 460 g/mol. The first-order valence-corrected chi connectivity index (χ1v) is 13.1. The van der Waals surface area contributed by atoms with E-state index in [1.165, 1.54) is 11.3 Å². The van der Waals surface area contributed by atoms with Crippen LogP contribution in [0.3, 0.4) is 0 Å². The van der Waals surface area contributed by atoms with E-state index in [4.69, 9.17) is 16.2 Å². The summed E-state index contributed by atoms with van der Waals surface area (Å²) in [5.41, 5.74) is 3.50. The van der Waals surface area contributed by atoms with Gasteiger partial charge < -0.3 is 16.0 Å². The smallest absolute Gasteiger partial charge is 0.231 e. The van der Waals surface area contributed by atoms with Crippen molar-refractivity contribution in [1.82, 2.24) is 14.7 Å². The van der Waals surface area contributed by atoms with Gasteiger partial charge in [0.1, 0.15) is 5.02 Å². The van der Waals surface area contributed by atoms with E-state index < -0.39 is 11.3 Å². The number of anilines is 4. The molecule has 0 radical (unpaired) electrons. The second kappa shape index (κ2) is 10.5. The molecule has 4 rings (SSSR count). The minimum Gasteiger partial charge on any atom is -0.385 e. The molecule has 0 bridgehead atoms. The molecule has 2 aromatic rings. The van der Waals surface area contributed by atoms with Crippen LogP contribution in [0.25, 0.3) is 0 Å². The van der Waals surface area contributed by atoms with Crippen molar-refractivity contribution in [2.45, 2.75) is 63.8 Å². The lowest BCUT2D eigenvalue weighted by Crippen LogP contribution is -2.39. The Morgan fingerprint density at radius 1 is 1.27 bits per heavy atom. The second-order valence-electron chi connectivity index (χ2n) is 9.58. The summed E-state index contributed by atoms with van der Waals surface area (Å²) >= 11 is 4.40. The van der Waals surface area contributed by atoms with Gasteiger partial charge in [-0.1, -0.05) is 38.3 Å². The Hall–Kier alpha value is -1.94. The van der Waals surface area contributed by atoms with Crippen LogP contribution in [0.1, 0.15) is 57.9 Å². The fourth-order valence-corrected chi connectivity index (χ4v) is 5.38. The van der Waals surface area contributed by atoms with Crippen molar-refractivity contribution in [2.75, 3.05) is 29.0 Å². The standard InChI is InChI=1S/C23H33ClN6O2S/c1-23(2)10-5-11-25-20-9-8-16(12-17(20)23)28-22-26-14-18(24)21(30-22)29-19-7-4-3-6-15(19)13-27-33(31)32/h8-9,12,14-15,19,25,27H,3-7,10-11,13H2,1-2H3,(H,31,32)(H2,26,28,29,30)/t15-,19-/m1/s1. The fourth-order valence-electron chi connectivity index (χ4n) is 4.88. The maximum Gasteiger partial charge on any atom is 0.231 e. The van der Waals surface area contributed by atoms with Crippen molar-refractivity contribution in [2.24, 2.45) is 5.92 Å². The van der Waals surface area contributed by atoms with Crippen molar-refractivity contribution in [3.8, 4) is 0 Å². The Balaban J connectivity index is 1.51. The third kappa shape index (κ3) is 6.15. The number of aromatic nitrogens is 2. The lowest BCUT2D eigenvalue weighted by atomic mass is 9.80. The second-order valence-corrected chi connectivity index (χ2v) is 10.8. The van der Waals surface area contributed by atoms with Crippen molar-refractivity contribution in [1.29, 1.82) is 0 Å². The summed E-state index contributed by atoms with van der Waals surface area (Å²) in [7, 11) is 0. The molecule has 0 saturated heterocycles. The Morgan fingerprint density at radius 2 is 2.09 bits per heavy atom. The average Bonchev–Trinajstić information content (AvgIpc) is 2.93. The van der Waals surface area contributed by atoms with Gasteiger partial charge in [0.2, 0.25) is 17.2 Å². The monoisotopic (exact) mass is 492 g/mol. The summed E-state index contributed by atoms with van der Waals surface area (Å²) in [6.07, 6.45) is 8.02. The lowest BCUT2D eigenvalue weighted by molar-refractivity contribution is 0.324. The molecule has 1 aromatic carbocycles. The molecule has 10 heteroatoms. The Bertz CT molecular complexity index is 1000. The van der Waals surface area contributed by atoms with E-state index in [0.717, 1.165) is 50.8 Å². The quantitative estimate of drug-likeness (QED) is 0.344. The van der Waals surface area contributed by atoms with Crippen LogP contribution in [0.4, 0.5) is 23.1 Å². The summed E-state index contributed by atoms with van der Waals surface area (Å²) in [5, 5.41) is 10.8. The molecule has 1 fully saturated rings. The van der Waals surface area contributed by atoms with Gasteiger partial charge in [0.25, 0.3) is 0 Å². The molecule has 2 heterocycles. The van der Waals surface area contributed by atoms with E-state index in [0.29, 0.717) is 23.3 Å².